The minimum atomic E-state index is -0.449. The number of pyridine rings is 1. The van der Waals surface area contributed by atoms with Crippen LogP contribution >= 0.6 is 11.6 Å². The monoisotopic (exact) mass is 547 g/mol. The quantitative estimate of drug-likeness (QED) is 0.304. The van der Waals surface area contributed by atoms with Gasteiger partial charge >= 0.3 is 0 Å². The van der Waals surface area contributed by atoms with Crippen molar-refractivity contribution < 1.29 is 14.3 Å². The van der Waals surface area contributed by atoms with Crippen molar-refractivity contribution in [3.63, 3.8) is 0 Å². The summed E-state index contributed by atoms with van der Waals surface area (Å²) >= 11 is 6.75. The summed E-state index contributed by atoms with van der Waals surface area (Å²) in [5.74, 6) is 1.29. The van der Waals surface area contributed by atoms with E-state index in [2.05, 4.69) is 15.4 Å². The fraction of sp³-hybridized carbons (Fsp3) is 0.400. The molecule has 9 heteroatoms. The Bertz CT molecular complexity index is 1550. The molecule has 0 spiro atoms. The van der Waals surface area contributed by atoms with Crippen LogP contribution in [0.15, 0.2) is 42.7 Å². The van der Waals surface area contributed by atoms with Crippen LogP contribution in [0, 0.1) is 13.8 Å². The molecular formula is C30H34ClN5O3. The number of aromatic nitrogens is 4. The van der Waals surface area contributed by atoms with Crippen molar-refractivity contribution in [3.05, 3.63) is 70.1 Å². The molecule has 1 amide bonds. The first-order chi connectivity index (χ1) is 18.5. The highest BCUT2D eigenvalue weighted by Gasteiger charge is 2.36. The van der Waals surface area contributed by atoms with Gasteiger partial charge in [-0.3, -0.25) is 4.79 Å². The average molecular weight is 548 g/mol. The van der Waals surface area contributed by atoms with Gasteiger partial charge in [0, 0.05) is 34.3 Å². The van der Waals surface area contributed by atoms with Gasteiger partial charge in [-0.05, 0) is 76.8 Å². The maximum Gasteiger partial charge on any atom is 0.249 e. The molecule has 5 rings (SSSR count). The van der Waals surface area contributed by atoms with Crippen LogP contribution in [0.3, 0.4) is 0 Å². The van der Waals surface area contributed by atoms with Gasteiger partial charge in [0.05, 0.1) is 11.6 Å². The zero-order valence-electron chi connectivity index (χ0n) is 23.2. The summed E-state index contributed by atoms with van der Waals surface area (Å²) < 4.78 is 14.1. The minimum absolute atomic E-state index is 0.109. The SMILES string of the molecule is Cc1cc(Cl)c(COc2cccc3c(-c4ncnn4C)cc(C)nc23)c([C@H](C)NC(=O)C2CCC(C)(C)O2)c1. The summed E-state index contributed by atoms with van der Waals surface area (Å²) in [4.78, 5) is 22.2. The summed E-state index contributed by atoms with van der Waals surface area (Å²) in [6.45, 7) is 10.1. The van der Waals surface area contributed by atoms with Gasteiger partial charge in [-0.2, -0.15) is 5.10 Å². The van der Waals surface area contributed by atoms with Gasteiger partial charge in [0.25, 0.3) is 0 Å². The van der Waals surface area contributed by atoms with Crippen LogP contribution in [0.5, 0.6) is 5.75 Å². The highest BCUT2D eigenvalue weighted by Crippen LogP contribution is 2.35. The molecule has 1 unspecified atom stereocenters. The van der Waals surface area contributed by atoms with Crippen LogP contribution in [-0.4, -0.2) is 37.4 Å². The van der Waals surface area contributed by atoms with Gasteiger partial charge < -0.3 is 14.8 Å². The fourth-order valence-corrected chi connectivity index (χ4v) is 5.57. The molecule has 0 aliphatic carbocycles. The molecule has 1 N–H and O–H groups in total. The number of ether oxygens (including phenoxy) is 2. The summed E-state index contributed by atoms with van der Waals surface area (Å²) in [5, 5.41) is 8.87. The van der Waals surface area contributed by atoms with Gasteiger partial charge in [-0.1, -0.05) is 29.8 Å². The van der Waals surface area contributed by atoms with E-state index in [0.29, 0.717) is 17.2 Å². The van der Waals surface area contributed by atoms with Gasteiger partial charge in [0.1, 0.15) is 30.3 Å². The Morgan fingerprint density at radius 1 is 1.28 bits per heavy atom. The number of carbonyl (C=O) groups is 1. The number of hydrogen-bond donors (Lipinski definition) is 1. The fourth-order valence-electron chi connectivity index (χ4n) is 5.23. The standard InChI is InChI=1S/C30H34ClN5O3/c1-17-12-21(19(3)35-29(37)26-10-11-30(4,5)39-26)23(24(31)13-17)15-38-25-9-7-8-20-22(14-18(2)34-27(20)25)28-32-16-33-36(28)6/h7-9,12-14,16,19,26H,10-11,15H2,1-6H3,(H,35,37)/t19-,26?/m0/s1. The molecule has 204 valence electrons. The molecule has 1 fully saturated rings. The zero-order valence-corrected chi connectivity index (χ0v) is 24.0. The molecule has 0 bridgehead atoms. The average Bonchev–Trinajstić information content (AvgIpc) is 3.47. The van der Waals surface area contributed by atoms with Crippen LogP contribution in [0.2, 0.25) is 5.02 Å². The second-order valence-corrected chi connectivity index (χ2v) is 11.3. The van der Waals surface area contributed by atoms with Crippen LogP contribution in [0.4, 0.5) is 0 Å². The van der Waals surface area contributed by atoms with Gasteiger partial charge in [0.2, 0.25) is 5.91 Å². The van der Waals surface area contributed by atoms with Gasteiger partial charge in [-0.15, -0.1) is 0 Å². The molecule has 0 radical (unpaired) electrons. The Morgan fingerprint density at radius 3 is 2.77 bits per heavy atom. The summed E-state index contributed by atoms with van der Waals surface area (Å²) in [6.07, 6.45) is 2.65. The number of halogens is 1. The number of fused-ring (bicyclic) bond motifs is 1. The predicted molar refractivity (Wildman–Crippen MR) is 152 cm³/mol. The minimum Gasteiger partial charge on any atom is -0.487 e. The summed E-state index contributed by atoms with van der Waals surface area (Å²) in [6, 6.07) is 11.5. The topological polar surface area (TPSA) is 91.2 Å². The van der Waals surface area contributed by atoms with Crippen molar-refractivity contribution in [3.8, 4) is 17.1 Å². The molecule has 4 aromatic rings. The lowest BCUT2D eigenvalue weighted by Gasteiger charge is -2.23. The number of nitrogens with one attached hydrogen (secondary N) is 1. The first-order valence-corrected chi connectivity index (χ1v) is 13.5. The Kier molecular flexibility index (Phi) is 7.35. The van der Waals surface area contributed by atoms with Crippen LogP contribution < -0.4 is 10.1 Å². The van der Waals surface area contributed by atoms with Crippen molar-refractivity contribution in [1.82, 2.24) is 25.1 Å². The van der Waals surface area contributed by atoms with E-state index < -0.39 is 6.10 Å². The Morgan fingerprint density at radius 2 is 2.08 bits per heavy atom. The third-order valence-electron chi connectivity index (χ3n) is 7.22. The number of carbonyl (C=O) groups excluding carboxylic acids is 1. The molecule has 2 aromatic carbocycles. The largest absolute Gasteiger partial charge is 0.487 e. The van der Waals surface area contributed by atoms with Crippen LogP contribution in [-0.2, 0) is 23.2 Å². The number of benzene rings is 2. The molecule has 2 aromatic heterocycles. The molecule has 0 saturated carbocycles. The number of hydrogen-bond acceptors (Lipinski definition) is 6. The normalized spacial score (nSPS) is 17.4. The molecule has 1 aliphatic rings. The van der Waals surface area contributed by atoms with Gasteiger partial charge in [-0.25, -0.2) is 14.6 Å². The number of nitrogens with zero attached hydrogens (tertiary/aromatic N) is 4. The lowest BCUT2D eigenvalue weighted by atomic mass is 9.98. The first-order valence-electron chi connectivity index (χ1n) is 13.2. The van der Waals surface area contributed by atoms with Crippen molar-refractivity contribution in [2.75, 3.05) is 0 Å². The molecule has 39 heavy (non-hydrogen) atoms. The maximum atomic E-state index is 13.0. The predicted octanol–water partition coefficient (Wildman–Crippen LogP) is 6.01. The van der Waals surface area contributed by atoms with E-state index in [0.717, 1.165) is 51.1 Å². The van der Waals surface area contributed by atoms with Crippen LogP contribution in [0.1, 0.15) is 62.0 Å². The van der Waals surface area contributed by atoms with E-state index in [1.54, 1.807) is 4.68 Å². The molecule has 8 nitrogen and oxygen atoms in total. The van der Waals surface area contributed by atoms with Crippen molar-refractivity contribution in [2.45, 2.75) is 71.8 Å². The molecule has 3 heterocycles. The van der Waals surface area contributed by atoms with E-state index in [9.17, 15) is 4.79 Å². The van der Waals surface area contributed by atoms with Crippen molar-refractivity contribution in [1.29, 1.82) is 0 Å². The summed E-state index contributed by atoms with van der Waals surface area (Å²) in [5.41, 5.74) is 4.98. The van der Waals surface area contributed by atoms with Crippen LogP contribution in [0.25, 0.3) is 22.3 Å². The number of amides is 1. The van der Waals surface area contributed by atoms with Gasteiger partial charge in [0.15, 0.2) is 5.82 Å². The van der Waals surface area contributed by atoms with Crippen molar-refractivity contribution in [2.24, 2.45) is 7.05 Å². The number of para-hydroxylation sites is 1. The Labute approximate surface area is 233 Å². The third-order valence-corrected chi connectivity index (χ3v) is 7.55. The molecule has 1 aliphatic heterocycles. The van der Waals surface area contributed by atoms with E-state index in [1.807, 2.05) is 78.1 Å². The smallest absolute Gasteiger partial charge is 0.249 e. The number of rotatable bonds is 7. The molecule has 2 atom stereocenters. The highest BCUT2D eigenvalue weighted by molar-refractivity contribution is 6.31. The third kappa shape index (κ3) is 5.63. The Hall–Kier alpha value is -3.49. The lowest BCUT2D eigenvalue weighted by molar-refractivity contribution is -0.136. The second kappa shape index (κ2) is 10.6. The van der Waals surface area contributed by atoms with E-state index in [1.165, 1.54) is 6.33 Å². The highest BCUT2D eigenvalue weighted by atomic mass is 35.5. The maximum absolute atomic E-state index is 13.0. The zero-order chi connectivity index (χ0) is 27.9. The number of aryl methyl sites for hydroxylation is 3. The second-order valence-electron chi connectivity index (χ2n) is 10.9. The van der Waals surface area contributed by atoms with E-state index >= 15 is 0 Å². The molecule has 1 saturated heterocycles. The summed E-state index contributed by atoms with van der Waals surface area (Å²) in [7, 11) is 1.87. The van der Waals surface area contributed by atoms with Crippen molar-refractivity contribution >= 4 is 28.4 Å². The lowest BCUT2D eigenvalue weighted by Crippen LogP contribution is -2.37. The Balaban J connectivity index is 1.43. The van der Waals surface area contributed by atoms with E-state index in [4.69, 9.17) is 26.1 Å². The molecular weight excluding hydrogens is 514 g/mol. The first kappa shape index (κ1) is 27.1. The van der Waals surface area contributed by atoms with E-state index in [-0.39, 0.29) is 24.2 Å².